The second-order valence-corrected chi connectivity index (χ2v) is 8.94. The topological polar surface area (TPSA) is 25.2 Å². The minimum absolute atomic E-state index is 0.143. The average Bonchev–Trinajstić information content (AvgIpc) is 3.47. The molecule has 0 N–H and O–H groups in total. The van der Waals surface area contributed by atoms with Crippen LogP contribution in [0.5, 0.6) is 0 Å². The van der Waals surface area contributed by atoms with Gasteiger partial charge in [0, 0.05) is 30.9 Å². The van der Waals surface area contributed by atoms with E-state index in [2.05, 4.69) is 90.2 Å². The van der Waals surface area contributed by atoms with Crippen molar-refractivity contribution in [1.82, 2.24) is 9.47 Å². The number of benzene rings is 2. The summed E-state index contributed by atoms with van der Waals surface area (Å²) in [7, 11) is 0. The Morgan fingerprint density at radius 1 is 1.03 bits per heavy atom. The van der Waals surface area contributed by atoms with Crippen LogP contribution in [-0.4, -0.2) is 21.9 Å². The van der Waals surface area contributed by atoms with Crippen molar-refractivity contribution in [1.29, 1.82) is 0 Å². The third-order valence-corrected chi connectivity index (χ3v) is 6.39. The Bertz CT molecular complexity index is 991. The van der Waals surface area contributed by atoms with Gasteiger partial charge in [0.1, 0.15) is 0 Å². The summed E-state index contributed by atoms with van der Waals surface area (Å²) in [5.41, 5.74) is 5.09. The van der Waals surface area contributed by atoms with E-state index in [9.17, 15) is 4.79 Å². The highest BCUT2D eigenvalue weighted by Crippen LogP contribution is 2.48. The maximum atomic E-state index is 13.4. The lowest BCUT2D eigenvalue weighted by Crippen LogP contribution is -2.34. The lowest BCUT2D eigenvalue weighted by atomic mass is 10.1. The molecule has 162 valence electrons. The molecule has 31 heavy (non-hydrogen) atoms. The number of unbranched alkanes of at least 4 members (excludes halogenated alkanes) is 2. The van der Waals surface area contributed by atoms with E-state index in [-0.39, 0.29) is 5.92 Å². The predicted molar refractivity (Wildman–Crippen MR) is 127 cm³/mol. The Morgan fingerprint density at radius 2 is 1.87 bits per heavy atom. The molecule has 0 bridgehead atoms. The Hall–Kier alpha value is -2.81. The van der Waals surface area contributed by atoms with Gasteiger partial charge in [-0.2, -0.15) is 0 Å². The molecule has 0 aliphatic heterocycles. The van der Waals surface area contributed by atoms with E-state index < -0.39 is 0 Å². The van der Waals surface area contributed by atoms with Crippen LogP contribution < -0.4 is 0 Å². The number of nitrogens with zero attached hydrogens (tertiary/aromatic N) is 2. The number of carbonyl (C=O) groups excluding carboxylic acids is 1. The van der Waals surface area contributed by atoms with Crippen LogP contribution in [0.1, 0.15) is 60.9 Å². The summed E-state index contributed by atoms with van der Waals surface area (Å²) in [6.07, 6.45) is 6.53. The van der Waals surface area contributed by atoms with E-state index in [0.29, 0.717) is 18.4 Å². The summed E-state index contributed by atoms with van der Waals surface area (Å²) in [4.78, 5) is 15.6. The molecule has 3 aromatic rings. The maximum absolute atomic E-state index is 13.4. The van der Waals surface area contributed by atoms with Crippen molar-refractivity contribution in [2.24, 2.45) is 5.92 Å². The summed E-state index contributed by atoms with van der Waals surface area (Å²) in [5.74, 6) is 0.860. The van der Waals surface area contributed by atoms with Crippen molar-refractivity contribution in [3.63, 3.8) is 0 Å². The fourth-order valence-corrected chi connectivity index (χ4v) is 4.54. The smallest absolute Gasteiger partial charge is 0.226 e. The molecule has 1 aliphatic rings. The lowest BCUT2D eigenvalue weighted by Gasteiger charge is -2.24. The van der Waals surface area contributed by atoms with Crippen molar-refractivity contribution >= 4 is 5.91 Å². The van der Waals surface area contributed by atoms with Gasteiger partial charge in [-0.25, -0.2) is 0 Å². The fourth-order valence-electron chi connectivity index (χ4n) is 4.54. The molecule has 2 atom stereocenters. The molecule has 1 heterocycles. The number of carbonyl (C=O) groups is 1. The first-order chi connectivity index (χ1) is 15.2. The lowest BCUT2D eigenvalue weighted by molar-refractivity contribution is -0.133. The third kappa shape index (κ3) is 5.46. The van der Waals surface area contributed by atoms with Gasteiger partial charge in [0.25, 0.3) is 0 Å². The van der Waals surface area contributed by atoms with Crippen LogP contribution in [0.4, 0.5) is 0 Å². The first kappa shape index (κ1) is 21.4. The monoisotopic (exact) mass is 414 g/mol. The van der Waals surface area contributed by atoms with Crippen molar-refractivity contribution in [3.8, 4) is 0 Å². The van der Waals surface area contributed by atoms with Gasteiger partial charge in [-0.3, -0.25) is 4.79 Å². The molecule has 3 nitrogen and oxygen atoms in total. The highest BCUT2D eigenvalue weighted by atomic mass is 16.2. The van der Waals surface area contributed by atoms with Crippen LogP contribution in [0.3, 0.4) is 0 Å². The highest BCUT2D eigenvalue weighted by molar-refractivity contribution is 5.83. The summed E-state index contributed by atoms with van der Waals surface area (Å²) in [5, 5.41) is 0. The third-order valence-electron chi connectivity index (χ3n) is 6.39. The Kier molecular flexibility index (Phi) is 6.91. The quantitative estimate of drug-likeness (QED) is 0.364. The number of aryl methyl sites for hydroxylation is 1. The minimum Gasteiger partial charge on any atom is -0.345 e. The van der Waals surface area contributed by atoms with Gasteiger partial charge in [-0.1, -0.05) is 79.9 Å². The molecule has 0 spiro atoms. The van der Waals surface area contributed by atoms with Crippen LogP contribution in [0.2, 0.25) is 0 Å². The molecule has 0 unspecified atom stereocenters. The number of aromatic nitrogens is 1. The van der Waals surface area contributed by atoms with Crippen LogP contribution in [0, 0.1) is 12.8 Å². The van der Waals surface area contributed by atoms with Crippen molar-refractivity contribution < 1.29 is 4.79 Å². The SMILES string of the molecule is CCCCCN(Cc1cccn1Cc1cccc(C)c1)C(=O)[C@@H]1C[C@@H]1c1ccccc1. The fraction of sp³-hybridized carbons (Fsp3) is 0.393. The Labute approximate surface area is 186 Å². The molecule has 1 amide bonds. The molecule has 1 saturated carbocycles. The van der Waals surface area contributed by atoms with E-state index in [1.165, 1.54) is 35.2 Å². The number of rotatable bonds is 10. The zero-order chi connectivity index (χ0) is 21.6. The van der Waals surface area contributed by atoms with Crippen LogP contribution in [0.15, 0.2) is 72.9 Å². The molecule has 4 rings (SSSR count). The second-order valence-electron chi connectivity index (χ2n) is 8.94. The van der Waals surface area contributed by atoms with E-state index in [0.717, 1.165) is 25.9 Å². The van der Waals surface area contributed by atoms with Crippen molar-refractivity contribution in [2.75, 3.05) is 6.54 Å². The van der Waals surface area contributed by atoms with Crippen LogP contribution >= 0.6 is 0 Å². The molecule has 1 fully saturated rings. The predicted octanol–water partition coefficient (Wildman–Crippen LogP) is 6.17. The molecular weight excluding hydrogens is 380 g/mol. The summed E-state index contributed by atoms with van der Waals surface area (Å²) >= 11 is 0. The van der Waals surface area contributed by atoms with Gasteiger partial charge in [-0.15, -0.1) is 0 Å². The van der Waals surface area contributed by atoms with Gasteiger partial charge in [-0.05, 0) is 48.9 Å². The number of amides is 1. The van der Waals surface area contributed by atoms with Gasteiger partial charge < -0.3 is 9.47 Å². The first-order valence-corrected chi connectivity index (χ1v) is 11.7. The summed E-state index contributed by atoms with van der Waals surface area (Å²) in [6, 6.07) is 23.4. The van der Waals surface area contributed by atoms with Gasteiger partial charge in [0.15, 0.2) is 0 Å². The highest BCUT2D eigenvalue weighted by Gasteiger charge is 2.45. The van der Waals surface area contributed by atoms with Crippen molar-refractivity contribution in [3.05, 3.63) is 95.3 Å². The molecule has 2 aromatic carbocycles. The Morgan fingerprint density at radius 3 is 2.65 bits per heavy atom. The standard InChI is InChI=1S/C28H34N2O/c1-3-4-8-16-30(28(31)27-19-26(27)24-13-6-5-7-14-24)21-25-15-10-17-29(25)20-23-12-9-11-22(2)18-23/h5-7,9-15,17-18,26-27H,3-4,8,16,19-21H2,1-2H3/t26-,27-/m1/s1. The molecule has 3 heteroatoms. The largest absolute Gasteiger partial charge is 0.345 e. The number of hydrogen-bond donors (Lipinski definition) is 0. The van der Waals surface area contributed by atoms with Crippen LogP contribution in [-0.2, 0) is 17.9 Å². The van der Waals surface area contributed by atoms with Gasteiger partial charge in [0.2, 0.25) is 5.91 Å². The second kappa shape index (κ2) is 10.00. The van der Waals surface area contributed by atoms with E-state index in [1.54, 1.807) is 0 Å². The summed E-state index contributed by atoms with van der Waals surface area (Å²) < 4.78 is 2.29. The van der Waals surface area contributed by atoms with Gasteiger partial charge >= 0.3 is 0 Å². The minimum atomic E-state index is 0.143. The molecule has 1 aliphatic carbocycles. The molecule has 0 saturated heterocycles. The normalized spacial score (nSPS) is 17.5. The van der Waals surface area contributed by atoms with Crippen LogP contribution in [0.25, 0.3) is 0 Å². The molecular formula is C28H34N2O. The molecule has 1 aromatic heterocycles. The van der Waals surface area contributed by atoms with E-state index in [4.69, 9.17) is 0 Å². The first-order valence-electron chi connectivity index (χ1n) is 11.7. The van der Waals surface area contributed by atoms with Crippen molar-refractivity contribution in [2.45, 2.75) is 58.5 Å². The number of hydrogen-bond acceptors (Lipinski definition) is 1. The maximum Gasteiger partial charge on any atom is 0.226 e. The summed E-state index contributed by atoms with van der Waals surface area (Å²) in [6.45, 7) is 6.73. The van der Waals surface area contributed by atoms with Gasteiger partial charge in [0.05, 0.1) is 6.54 Å². The van der Waals surface area contributed by atoms with E-state index >= 15 is 0 Å². The molecule has 0 radical (unpaired) electrons. The average molecular weight is 415 g/mol. The Balaban J connectivity index is 1.46. The zero-order valence-electron chi connectivity index (χ0n) is 18.8. The van der Waals surface area contributed by atoms with E-state index in [1.807, 2.05) is 6.07 Å². The zero-order valence-corrected chi connectivity index (χ0v) is 18.8.